The van der Waals surface area contributed by atoms with E-state index in [0.29, 0.717) is 12.0 Å². The fourth-order valence-electron chi connectivity index (χ4n) is 5.31. The molecule has 6 nitrogen and oxygen atoms in total. The molecule has 0 saturated heterocycles. The van der Waals surface area contributed by atoms with Gasteiger partial charge in [0.25, 0.3) is 5.91 Å². The molecule has 3 N–H and O–H groups in total. The number of alkyl halides is 17. The summed E-state index contributed by atoms with van der Waals surface area (Å²) in [7, 11) is -3.94. The van der Waals surface area contributed by atoms with Crippen LogP contribution in [0.2, 0.25) is 17.1 Å². The lowest BCUT2D eigenvalue weighted by Crippen LogP contribution is -2.74. The van der Waals surface area contributed by atoms with Gasteiger partial charge in [-0.3, -0.25) is 10.0 Å². The van der Waals surface area contributed by atoms with Crippen molar-refractivity contribution in [2.24, 2.45) is 0 Å². The van der Waals surface area contributed by atoms with Crippen molar-refractivity contribution in [2.45, 2.75) is 118 Å². The van der Waals surface area contributed by atoms with Gasteiger partial charge in [0.05, 0.1) is 12.7 Å². The van der Waals surface area contributed by atoms with Gasteiger partial charge in [0.2, 0.25) is 0 Å². The average molecular weight is 868 g/mol. The van der Waals surface area contributed by atoms with Gasteiger partial charge in [-0.25, -0.2) is 5.48 Å². The number of halogens is 17. The quantitative estimate of drug-likeness (QED) is 0.0206. The molecule has 0 fully saturated rings. The van der Waals surface area contributed by atoms with Crippen molar-refractivity contribution in [3.8, 4) is 5.75 Å². The number of hydrogen-bond donors (Lipinski definition) is 3. The minimum absolute atomic E-state index is 0.169. The molecule has 1 aromatic carbocycles. The first kappa shape index (κ1) is 50.9. The van der Waals surface area contributed by atoms with Crippen LogP contribution in [-0.4, -0.2) is 85.4 Å². The molecule has 0 aliphatic carbocycles. The number of carbonyl (C=O) groups is 1. The summed E-state index contributed by atoms with van der Waals surface area (Å²) < 4.78 is 245. The largest absolute Gasteiger partial charge is 0.491 e. The monoisotopic (exact) mass is 867 g/mol. The van der Waals surface area contributed by atoms with Crippen molar-refractivity contribution >= 4 is 14.2 Å². The lowest BCUT2D eigenvalue weighted by Gasteiger charge is -2.44. The zero-order chi connectivity index (χ0) is 44.0. The summed E-state index contributed by atoms with van der Waals surface area (Å²) >= 11 is 0. The Bertz CT molecular complexity index is 1480. The van der Waals surface area contributed by atoms with E-state index in [2.05, 4.69) is 0 Å². The molecule has 0 aliphatic heterocycles. The Morgan fingerprint density at radius 1 is 0.714 bits per heavy atom. The molecule has 0 unspecified atom stereocenters. The second kappa shape index (κ2) is 18.2. The number of nitrogens with one attached hydrogen (secondary N) is 1. The van der Waals surface area contributed by atoms with Gasteiger partial charge in [0, 0.05) is 12.5 Å². The number of rotatable bonds is 22. The highest BCUT2D eigenvalue weighted by Gasteiger charge is 2.95. The zero-order valence-electron chi connectivity index (χ0n) is 29.6. The van der Waals surface area contributed by atoms with Crippen molar-refractivity contribution < 1.29 is 98.9 Å². The van der Waals surface area contributed by atoms with E-state index in [1.807, 2.05) is 0 Å². The smallest absolute Gasteiger partial charge is 0.460 e. The van der Waals surface area contributed by atoms with Crippen LogP contribution in [0.1, 0.15) is 58.6 Å². The van der Waals surface area contributed by atoms with Crippen LogP contribution >= 0.6 is 0 Å². The van der Waals surface area contributed by atoms with E-state index in [1.165, 1.54) is 69.6 Å². The minimum atomic E-state index is -8.68. The Hall–Kier alpha value is -3.12. The Kier molecular flexibility index (Phi) is 16.5. The normalized spacial score (nSPS) is 15.4. The fraction of sp³-hybridized carbons (Fsp3) is 0.656. The predicted octanol–water partition coefficient (Wildman–Crippen LogP) is 10.7. The first-order valence-corrected chi connectivity index (χ1v) is 18.5. The molecule has 0 heterocycles. The Morgan fingerprint density at radius 3 is 1.62 bits per heavy atom. The summed E-state index contributed by atoms with van der Waals surface area (Å²) in [4.78, 5) is 10.9. The third-order valence-electron chi connectivity index (χ3n) is 8.77. The van der Waals surface area contributed by atoms with Crippen molar-refractivity contribution in [3.05, 3.63) is 54.1 Å². The van der Waals surface area contributed by atoms with Gasteiger partial charge in [-0.2, -0.15) is 74.6 Å². The SMILES string of the molecule is CC(C)[Si](CCC(F)(F)C(F)(F)C(F)(F)C(F)(F)C(F)(F)C(F)(F)C(F)(F)C(F)(F)F)(OCCOc1ccc([C@@H](O)CC/C=C/C=C/C(=O)NO)cc1)C(C)C. The number of hydroxylamine groups is 1. The lowest BCUT2D eigenvalue weighted by atomic mass is 9.88. The number of aliphatic hydroxyl groups excluding tert-OH is 1. The zero-order valence-corrected chi connectivity index (χ0v) is 30.6. The van der Waals surface area contributed by atoms with E-state index < -0.39 is 98.1 Å². The first-order valence-electron chi connectivity index (χ1n) is 16.2. The number of ether oxygens (including phenoxy) is 1. The van der Waals surface area contributed by atoms with Gasteiger partial charge in [-0.1, -0.05) is 58.1 Å². The highest BCUT2D eigenvalue weighted by Crippen LogP contribution is 2.64. The van der Waals surface area contributed by atoms with Gasteiger partial charge in [0.15, 0.2) is 8.32 Å². The average Bonchev–Trinajstić information content (AvgIpc) is 3.08. The van der Waals surface area contributed by atoms with Crippen LogP contribution in [0.5, 0.6) is 5.75 Å². The molecule has 1 amide bonds. The van der Waals surface area contributed by atoms with Gasteiger partial charge in [-0.15, -0.1) is 0 Å². The van der Waals surface area contributed by atoms with Crippen molar-refractivity contribution in [3.63, 3.8) is 0 Å². The highest BCUT2D eigenvalue weighted by molar-refractivity contribution is 6.76. The molecule has 0 aliphatic rings. The summed E-state index contributed by atoms with van der Waals surface area (Å²) in [5, 5.41) is 18.7. The van der Waals surface area contributed by atoms with Crippen LogP contribution in [0.3, 0.4) is 0 Å². The number of hydrogen-bond acceptors (Lipinski definition) is 5. The molecular formula is C32H38F17NO5Si. The molecule has 1 rings (SSSR count). The van der Waals surface area contributed by atoms with Gasteiger partial charge >= 0.3 is 47.6 Å². The van der Waals surface area contributed by atoms with Gasteiger partial charge < -0.3 is 14.3 Å². The van der Waals surface area contributed by atoms with E-state index >= 15 is 0 Å². The van der Waals surface area contributed by atoms with Crippen LogP contribution in [0.4, 0.5) is 74.6 Å². The minimum Gasteiger partial charge on any atom is -0.491 e. The summed E-state index contributed by atoms with van der Waals surface area (Å²) in [6.45, 7) is 4.43. The molecule has 0 bridgehead atoms. The molecule has 1 atom stereocenters. The summed E-state index contributed by atoms with van der Waals surface area (Å²) in [6.07, 6.45) is -5.18. The molecule has 56 heavy (non-hydrogen) atoms. The van der Waals surface area contributed by atoms with Gasteiger partial charge in [0.1, 0.15) is 12.4 Å². The molecule has 0 aromatic heterocycles. The molecule has 0 spiro atoms. The first-order chi connectivity index (χ1) is 25.2. The van der Waals surface area contributed by atoms with Crippen LogP contribution in [0.15, 0.2) is 48.6 Å². The molecule has 0 radical (unpaired) electrons. The molecule has 324 valence electrons. The van der Waals surface area contributed by atoms with Crippen molar-refractivity contribution in [2.75, 3.05) is 13.2 Å². The Balaban J connectivity index is 3.12. The maximum Gasteiger partial charge on any atom is 0.460 e. The predicted molar refractivity (Wildman–Crippen MR) is 166 cm³/mol. The van der Waals surface area contributed by atoms with E-state index in [1.54, 1.807) is 6.08 Å². The topological polar surface area (TPSA) is 88.0 Å². The number of benzene rings is 1. The Morgan fingerprint density at radius 2 is 1.18 bits per heavy atom. The fourth-order valence-corrected chi connectivity index (χ4v) is 9.78. The second-order valence-corrected chi connectivity index (χ2v) is 18.0. The van der Waals surface area contributed by atoms with E-state index in [0.717, 1.165) is 6.08 Å². The standard InChI is InChI=1S/C32H38F17NO5Si/c1-19(2)56(20(3)4,55-17-16-54-22-13-11-21(12-14-22)23(51)9-7-5-6-8-10-24(52)50-53)18-15-25(33,34)26(35,36)27(37,38)28(39,40)29(41,42)30(43,44)31(45,46)32(47,48)49/h5-6,8,10-14,19-20,23,51,53H,7,9,15-18H2,1-4H3,(H,50,52)/b6-5+,10-8+/t23-/m0/s1. The van der Waals surface area contributed by atoms with E-state index in [9.17, 15) is 84.5 Å². The summed E-state index contributed by atoms with van der Waals surface area (Å²) in [6, 6.07) is 4.45. The van der Waals surface area contributed by atoms with Crippen molar-refractivity contribution in [1.29, 1.82) is 0 Å². The van der Waals surface area contributed by atoms with Crippen LogP contribution in [0.25, 0.3) is 0 Å². The van der Waals surface area contributed by atoms with Crippen LogP contribution < -0.4 is 10.2 Å². The number of aliphatic hydroxyl groups is 1. The molecule has 0 saturated carbocycles. The van der Waals surface area contributed by atoms with E-state index in [-0.39, 0.29) is 18.8 Å². The number of amides is 1. The van der Waals surface area contributed by atoms with Crippen LogP contribution in [-0.2, 0) is 9.22 Å². The lowest BCUT2D eigenvalue weighted by molar-refractivity contribution is -0.461. The third kappa shape index (κ3) is 10.1. The van der Waals surface area contributed by atoms with Crippen molar-refractivity contribution in [1.82, 2.24) is 5.48 Å². The highest BCUT2D eigenvalue weighted by atomic mass is 28.4. The number of carbonyl (C=O) groups excluding carboxylic acids is 1. The summed E-state index contributed by atoms with van der Waals surface area (Å²) in [5.41, 5.74) is 0.130. The maximum absolute atomic E-state index is 14.8. The van der Waals surface area contributed by atoms with Crippen LogP contribution in [0, 0.1) is 0 Å². The van der Waals surface area contributed by atoms with E-state index in [4.69, 9.17) is 14.4 Å². The Labute approximate surface area is 309 Å². The third-order valence-corrected chi connectivity index (χ3v) is 14.5. The maximum atomic E-state index is 14.8. The molecule has 1 aromatic rings. The molecule has 24 heteroatoms. The summed E-state index contributed by atoms with van der Waals surface area (Å²) in [5.74, 6) is -57.3. The number of allylic oxidation sites excluding steroid dienone is 3. The molecular weight excluding hydrogens is 829 g/mol. The van der Waals surface area contributed by atoms with Gasteiger partial charge in [-0.05, 0) is 47.7 Å². The second-order valence-electron chi connectivity index (χ2n) is 13.0.